The van der Waals surface area contributed by atoms with E-state index in [1.165, 1.54) is 15.3 Å². The van der Waals surface area contributed by atoms with E-state index in [9.17, 15) is 0 Å². The Morgan fingerprint density at radius 1 is 1.16 bits per heavy atom. The van der Waals surface area contributed by atoms with Crippen molar-refractivity contribution in [1.82, 2.24) is 4.90 Å². The lowest BCUT2D eigenvalue weighted by Gasteiger charge is -2.30. The summed E-state index contributed by atoms with van der Waals surface area (Å²) < 4.78 is 0. The summed E-state index contributed by atoms with van der Waals surface area (Å²) in [5, 5.41) is 0. The Hall–Kier alpha value is -1.16. The highest BCUT2D eigenvalue weighted by Crippen LogP contribution is 2.29. The third-order valence-electron chi connectivity index (χ3n) is 3.30. The van der Waals surface area contributed by atoms with Gasteiger partial charge in [-0.05, 0) is 38.6 Å². The molecule has 1 heterocycles. The smallest absolute Gasteiger partial charge is 0.0591 e. The first-order valence-corrected chi connectivity index (χ1v) is 7.45. The molecule has 2 nitrogen and oxygen atoms in total. The third kappa shape index (κ3) is 3.66. The van der Waals surface area contributed by atoms with Crippen LogP contribution < -0.4 is 5.73 Å². The Kier molecular flexibility index (Phi) is 4.75. The van der Waals surface area contributed by atoms with Crippen LogP contribution in [0.2, 0.25) is 0 Å². The van der Waals surface area contributed by atoms with E-state index < -0.39 is 0 Å². The van der Waals surface area contributed by atoms with E-state index in [0.29, 0.717) is 0 Å². The SMILES string of the molecule is Cc1ccc(C(C(C)N)N(C)Cc2ccccc2)s1. The Labute approximate surface area is 119 Å². The number of likely N-dealkylation sites (N-methyl/N-ethyl adjacent to an activating group) is 1. The molecule has 0 saturated carbocycles. The van der Waals surface area contributed by atoms with Crippen LogP contribution in [0, 0.1) is 6.92 Å². The molecule has 0 aliphatic heterocycles. The van der Waals surface area contributed by atoms with Gasteiger partial charge in [-0.1, -0.05) is 30.3 Å². The van der Waals surface area contributed by atoms with E-state index in [-0.39, 0.29) is 12.1 Å². The Balaban J connectivity index is 2.15. The number of aryl methyl sites for hydroxylation is 1. The summed E-state index contributed by atoms with van der Waals surface area (Å²) in [6.45, 7) is 5.15. The molecular weight excluding hydrogens is 252 g/mol. The number of nitrogens with zero attached hydrogens (tertiary/aromatic N) is 1. The van der Waals surface area contributed by atoms with Crippen LogP contribution in [0.5, 0.6) is 0 Å². The molecule has 19 heavy (non-hydrogen) atoms. The van der Waals surface area contributed by atoms with Gasteiger partial charge in [0.05, 0.1) is 6.04 Å². The van der Waals surface area contributed by atoms with Crippen LogP contribution in [0.4, 0.5) is 0 Å². The molecule has 2 atom stereocenters. The minimum Gasteiger partial charge on any atom is -0.326 e. The molecule has 2 rings (SSSR count). The minimum atomic E-state index is 0.117. The zero-order valence-electron chi connectivity index (χ0n) is 11.8. The van der Waals surface area contributed by atoms with Crippen LogP contribution in [-0.2, 0) is 6.54 Å². The van der Waals surface area contributed by atoms with Crippen LogP contribution in [0.1, 0.15) is 28.3 Å². The fourth-order valence-electron chi connectivity index (χ4n) is 2.46. The van der Waals surface area contributed by atoms with Crippen molar-refractivity contribution >= 4 is 11.3 Å². The van der Waals surface area contributed by atoms with Gasteiger partial charge in [0.25, 0.3) is 0 Å². The summed E-state index contributed by atoms with van der Waals surface area (Å²) in [5.74, 6) is 0. The maximum absolute atomic E-state index is 6.20. The normalized spacial score (nSPS) is 14.6. The van der Waals surface area contributed by atoms with Gasteiger partial charge in [-0.2, -0.15) is 0 Å². The van der Waals surface area contributed by atoms with Crippen molar-refractivity contribution in [3.05, 3.63) is 57.8 Å². The average molecular weight is 274 g/mol. The fourth-order valence-corrected chi connectivity index (χ4v) is 3.62. The molecule has 1 aromatic carbocycles. The molecule has 0 aliphatic rings. The standard InChI is InChI=1S/C16H22N2S/c1-12-9-10-15(19-12)16(13(2)17)18(3)11-14-7-5-4-6-8-14/h4-10,13,16H,11,17H2,1-3H3. The van der Waals surface area contributed by atoms with E-state index in [1.54, 1.807) is 0 Å². The highest BCUT2D eigenvalue weighted by atomic mass is 32.1. The summed E-state index contributed by atoms with van der Waals surface area (Å²) in [6.07, 6.45) is 0. The predicted octanol–water partition coefficient (Wildman–Crippen LogP) is 3.58. The van der Waals surface area contributed by atoms with Gasteiger partial charge in [0, 0.05) is 22.3 Å². The van der Waals surface area contributed by atoms with Crippen LogP contribution in [-0.4, -0.2) is 18.0 Å². The average Bonchev–Trinajstić information content (AvgIpc) is 2.76. The Morgan fingerprint density at radius 2 is 1.84 bits per heavy atom. The first-order valence-electron chi connectivity index (χ1n) is 6.64. The van der Waals surface area contributed by atoms with Crippen molar-refractivity contribution in [2.75, 3.05) is 7.05 Å². The highest BCUT2D eigenvalue weighted by Gasteiger charge is 2.22. The number of thiophene rings is 1. The van der Waals surface area contributed by atoms with Crippen LogP contribution in [0.15, 0.2) is 42.5 Å². The molecular formula is C16H22N2S. The Morgan fingerprint density at radius 3 is 2.37 bits per heavy atom. The van der Waals surface area contributed by atoms with Gasteiger partial charge >= 0.3 is 0 Å². The van der Waals surface area contributed by atoms with Crippen LogP contribution in [0.25, 0.3) is 0 Å². The maximum Gasteiger partial charge on any atom is 0.0591 e. The summed E-state index contributed by atoms with van der Waals surface area (Å²) in [5.41, 5.74) is 7.52. The number of nitrogens with two attached hydrogens (primary N) is 1. The van der Waals surface area contributed by atoms with Gasteiger partial charge in [0.15, 0.2) is 0 Å². The molecule has 0 spiro atoms. The molecule has 0 amide bonds. The first-order chi connectivity index (χ1) is 9.08. The van der Waals surface area contributed by atoms with Gasteiger partial charge in [0.2, 0.25) is 0 Å². The van der Waals surface area contributed by atoms with E-state index in [1.807, 2.05) is 11.3 Å². The Bertz CT molecular complexity index is 504. The van der Waals surface area contributed by atoms with E-state index in [4.69, 9.17) is 5.73 Å². The minimum absolute atomic E-state index is 0.117. The summed E-state index contributed by atoms with van der Waals surface area (Å²) in [7, 11) is 2.15. The van der Waals surface area contributed by atoms with E-state index >= 15 is 0 Å². The molecule has 3 heteroatoms. The molecule has 0 aliphatic carbocycles. The molecule has 102 valence electrons. The molecule has 0 fully saturated rings. The summed E-state index contributed by atoms with van der Waals surface area (Å²) >= 11 is 1.84. The molecule has 2 N–H and O–H groups in total. The highest BCUT2D eigenvalue weighted by molar-refractivity contribution is 7.12. The second-order valence-corrected chi connectivity index (χ2v) is 6.47. The van der Waals surface area contributed by atoms with Crippen molar-refractivity contribution in [2.45, 2.75) is 32.5 Å². The number of hydrogen-bond acceptors (Lipinski definition) is 3. The monoisotopic (exact) mass is 274 g/mol. The predicted molar refractivity (Wildman–Crippen MR) is 83.4 cm³/mol. The van der Waals surface area contributed by atoms with E-state index in [2.05, 4.69) is 68.3 Å². The molecule has 0 radical (unpaired) electrons. The van der Waals surface area contributed by atoms with Crippen LogP contribution >= 0.6 is 11.3 Å². The molecule has 1 aromatic heterocycles. The van der Waals surface area contributed by atoms with Crippen LogP contribution in [0.3, 0.4) is 0 Å². The van der Waals surface area contributed by atoms with Gasteiger partial charge < -0.3 is 5.73 Å². The number of benzene rings is 1. The fraction of sp³-hybridized carbons (Fsp3) is 0.375. The van der Waals surface area contributed by atoms with Gasteiger partial charge in [-0.3, -0.25) is 4.90 Å². The van der Waals surface area contributed by atoms with E-state index in [0.717, 1.165) is 6.54 Å². The zero-order valence-corrected chi connectivity index (χ0v) is 12.7. The largest absolute Gasteiger partial charge is 0.326 e. The topological polar surface area (TPSA) is 29.3 Å². The second-order valence-electron chi connectivity index (χ2n) is 5.15. The quantitative estimate of drug-likeness (QED) is 0.903. The zero-order chi connectivity index (χ0) is 13.8. The lowest BCUT2D eigenvalue weighted by Crippen LogP contribution is -2.36. The molecule has 2 aromatic rings. The van der Waals surface area contributed by atoms with Crippen molar-refractivity contribution < 1.29 is 0 Å². The summed E-state index contributed by atoms with van der Waals surface area (Å²) in [4.78, 5) is 5.03. The van der Waals surface area contributed by atoms with Crippen molar-refractivity contribution in [2.24, 2.45) is 5.73 Å². The first kappa shape index (κ1) is 14.3. The number of rotatable bonds is 5. The molecule has 0 saturated heterocycles. The van der Waals surface area contributed by atoms with Gasteiger partial charge in [0.1, 0.15) is 0 Å². The van der Waals surface area contributed by atoms with Crippen molar-refractivity contribution in [3.8, 4) is 0 Å². The summed E-state index contributed by atoms with van der Waals surface area (Å²) in [6, 6.07) is 15.3. The maximum atomic E-state index is 6.20. The van der Waals surface area contributed by atoms with Crippen molar-refractivity contribution in [1.29, 1.82) is 0 Å². The molecule has 0 bridgehead atoms. The lowest BCUT2D eigenvalue weighted by atomic mass is 10.1. The lowest BCUT2D eigenvalue weighted by molar-refractivity contribution is 0.214. The van der Waals surface area contributed by atoms with Gasteiger partial charge in [-0.15, -0.1) is 11.3 Å². The van der Waals surface area contributed by atoms with Gasteiger partial charge in [-0.25, -0.2) is 0 Å². The molecule has 2 unspecified atom stereocenters. The second kappa shape index (κ2) is 6.33. The number of hydrogen-bond donors (Lipinski definition) is 1. The van der Waals surface area contributed by atoms with Crippen molar-refractivity contribution in [3.63, 3.8) is 0 Å². The third-order valence-corrected chi connectivity index (χ3v) is 4.37.